The van der Waals surface area contributed by atoms with Crippen LogP contribution in [-0.2, 0) is 22.5 Å². The number of hydrogen-bond acceptors (Lipinski definition) is 8. The topological polar surface area (TPSA) is 141 Å². The van der Waals surface area contributed by atoms with Crippen LogP contribution in [-0.4, -0.2) is 69.3 Å². The third-order valence-electron chi connectivity index (χ3n) is 6.71. The van der Waals surface area contributed by atoms with Crippen LogP contribution < -0.4 is 10.5 Å². The van der Waals surface area contributed by atoms with E-state index in [2.05, 4.69) is 51.1 Å². The summed E-state index contributed by atoms with van der Waals surface area (Å²) < 4.78 is 5.45. The van der Waals surface area contributed by atoms with E-state index in [1.54, 1.807) is 4.90 Å². The maximum Gasteiger partial charge on any atom is 0.410 e. The molecule has 2 aromatic rings. The Kier molecular flexibility index (Phi) is 8.47. The Morgan fingerprint density at radius 3 is 2.49 bits per heavy atom. The van der Waals surface area contributed by atoms with Gasteiger partial charge in [0.05, 0.1) is 23.8 Å². The van der Waals surface area contributed by atoms with Crippen molar-refractivity contribution < 1.29 is 19.4 Å². The van der Waals surface area contributed by atoms with Crippen LogP contribution in [0, 0.1) is 6.92 Å². The van der Waals surface area contributed by atoms with E-state index < -0.39 is 17.7 Å². The molecule has 1 amide bonds. The highest BCUT2D eigenvalue weighted by atomic mass is 16.6. The first kappa shape index (κ1) is 28.0. The predicted octanol–water partition coefficient (Wildman–Crippen LogP) is 3.66. The molecule has 1 saturated heterocycles. The molecule has 3 aliphatic rings. The maximum atomic E-state index is 12.9. The van der Waals surface area contributed by atoms with Crippen molar-refractivity contribution in [3.63, 3.8) is 0 Å². The first-order valence-electron chi connectivity index (χ1n) is 13.2. The van der Waals surface area contributed by atoms with Crippen LogP contribution in [0.2, 0.25) is 0 Å². The second-order valence-corrected chi connectivity index (χ2v) is 10.9. The molecular formula is C28H36N6O5. The molecule has 0 unspecified atom stereocenters. The van der Waals surface area contributed by atoms with Gasteiger partial charge in [-0.15, -0.1) is 0 Å². The summed E-state index contributed by atoms with van der Waals surface area (Å²) in [6.45, 7) is 9.74. The van der Waals surface area contributed by atoms with Crippen LogP contribution in [0.1, 0.15) is 68.5 Å². The molecular weight excluding hydrogens is 500 g/mol. The smallest absolute Gasteiger partial charge is 0.410 e. The lowest BCUT2D eigenvalue weighted by atomic mass is 10.0. The van der Waals surface area contributed by atoms with Gasteiger partial charge >= 0.3 is 12.1 Å². The van der Waals surface area contributed by atoms with E-state index in [4.69, 9.17) is 14.8 Å². The SMILES string of the molecule is Cc1ccc([C@@H]2CCCN2c2nc3c(c(=O)[nH]2)CN(C(=O)OC(C)(C)C)CC3)cc1.O=C(O)C1=NC=NCC1. The zero-order valence-electron chi connectivity index (χ0n) is 22.9. The zero-order chi connectivity index (χ0) is 28.2. The number of aliphatic imine (C=N–C) groups is 2. The third kappa shape index (κ3) is 7.10. The number of anilines is 1. The molecule has 1 aromatic heterocycles. The van der Waals surface area contributed by atoms with Gasteiger partial charge in [-0.25, -0.2) is 19.6 Å². The maximum absolute atomic E-state index is 12.9. The number of ether oxygens (including phenoxy) is 1. The summed E-state index contributed by atoms with van der Waals surface area (Å²) >= 11 is 0. The van der Waals surface area contributed by atoms with Gasteiger partial charge in [-0.05, 0) is 46.1 Å². The number of rotatable bonds is 3. The third-order valence-corrected chi connectivity index (χ3v) is 6.71. The van der Waals surface area contributed by atoms with Gasteiger partial charge in [0.15, 0.2) is 0 Å². The van der Waals surface area contributed by atoms with Crippen molar-refractivity contribution in [3.8, 4) is 0 Å². The number of fused-ring (bicyclic) bond motifs is 1. The fourth-order valence-corrected chi connectivity index (χ4v) is 4.75. The van der Waals surface area contributed by atoms with Gasteiger partial charge in [0.2, 0.25) is 5.95 Å². The minimum absolute atomic E-state index is 0.169. The Labute approximate surface area is 227 Å². The molecule has 208 valence electrons. The molecule has 1 fully saturated rings. The first-order chi connectivity index (χ1) is 18.5. The number of nitrogens with zero attached hydrogens (tertiary/aromatic N) is 5. The molecule has 0 radical (unpaired) electrons. The molecule has 1 atom stereocenters. The number of nitrogens with one attached hydrogen (secondary N) is 1. The Balaban J connectivity index is 0.000000333. The van der Waals surface area contributed by atoms with Gasteiger partial charge in [-0.3, -0.25) is 14.8 Å². The fraction of sp³-hybridized carbons (Fsp3) is 0.500. The summed E-state index contributed by atoms with van der Waals surface area (Å²) in [5, 5.41) is 8.35. The van der Waals surface area contributed by atoms with Gasteiger partial charge in [-0.2, -0.15) is 0 Å². The largest absolute Gasteiger partial charge is 0.477 e. The van der Waals surface area contributed by atoms with Crippen molar-refractivity contribution in [3.05, 3.63) is 57.0 Å². The highest BCUT2D eigenvalue weighted by Gasteiger charge is 2.31. The number of H-pyrrole nitrogens is 1. The van der Waals surface area contributed by atoms with Crippen molar-refractivity contribution in [2.45, 2.75) is 71.6 Å². The van der Waals surface area contributed by atoms with Gasteiger partial charge in [0, 0.05) is 32.5 Å². The van der Waals surface area contributed by atoms with Gasteiger partial charge in [0.25, 0.3) is 5.56 Å². The van der Waals surface area contributed by atoms with Crippen LogP contribution in [0.25, 0.3) is 0 Å². The standard InChI is InChI=1S/C23H30N4O3.C5H6N2O2/c1-15-7-9-16(10-8-15)19-6-5-12-27(19)21-24-18-11-13-26(14-17(18)20(28)25-21)22(29)30-23(2,3)4;8-5(9)4-1-2-6-3-7-4/h7-10,19H,5-6,11-14H2,1-4H3,(H,24,25,28);3H,1-2H2,(H,8,9)/t19-;/m0./s1. The number of aliphatic carboxylic acids is 1. The quantitative estimate of drug-likeness (QED) is 0.610. The molecule has 11 heteroatoms. The first-order valence-corrected chi connectivity index (χ1v) is 13.2. The lowest BCUT2D eigenvalue weighted by Gasteiger charge is -2.31. The van der Waals surface area contributed by atoms with E-state index in [-0.39, 0.29) is 23.9 Å². The average molecular weight is 537 g/mol. The Hall–Kier alpha value is -4.02. The number of carbonyl (C=O) groups is 2. The van der Waals surface area contributed by atoms with E-state index in [0.29, 0.717) is 37.4 Å². The number of aromatic nitrogens is 2. The number of aryl methyl sites for hydroxylation is 1. The molecule has 0 bridgehead atoms. The lowest BCUT2D eigenvalue weighted by Crippen LogP contribution is -2.42. The van der Waals surface area contributed by atoms with Crippen molar-refractivity contribution >= 4 is 30.1 Å². The van der Waals surface area contributed by atoms with Crippen LogP contribution in [0.4, 0.5) is 10.7 Å². The molecule has 3 aliphatic heterocycles. The summed E-state index contributed by atoms with van der Waals surface area (Å²) in [5.41, 5.74) is 3.28. The number of carboxylic acid groups (broad SMARTS) is 1. The van der Waals surface area contributed by atoms with E-state index in [9.17, 15) is 14.4 Å². The summed E-state index contributed by atoms with van der Waals surface area (Å²) in [6, 6.07) is 8.79. The summed E-state index contributed by atoms with van der Waals surface area (Å²) in [5.74, 6) is -0.311. The minimum Gasteiger partial charge on any atom is -0.477 e. The molecule has 1 aromatic carbocycles. The number of benzene rings is 1. The van der Waals surface area contributed by atoms with Crippen molar-refractivity contribution in [1.82, 2.24) is 14.9 Å². The van der Waals surface area contributed by atoms with Gasteiger partial charge in [-0.1, -0.05) is 29.8 Å². The number of carbonyl (C=O) groups excluding carboxylic acids is 1. The molecule has 4 heterocycles. The van der Waals surface area contributed by atoms with Gasteiger partial charge < -0.3 is 19.6 Å². The molecule has 0 saturated carbocycles. The Morgan fingerprint density at radius 1 is 1.13 bits per heavy atom. The minimum atomic E-state index is -0.943. The number of amides is 1. The van der Waals surface area contributed by atoms with Crippen molar-refractivity contribution in [2.75, 3.05) is 24.5 Å². The van der Waals surface area contributed by atoms with Crippen LogP contribution in [0.15, 0.2) is 39.0 Å². The summed E-state index contributed by atoms with van der Waals surface area (Å²) in [4.78, 5) is 54.3. The summed E-state index contributed by atoms with van der Waals surface area (Å²) in [6.07, 6.45) is 3.99. The lowest BCUT2D eigenvalue weighted by molar-refractivity contribution is -0.129. The van der Waals surface area contributed by atoms with Crippen LogP contribution in [0.3, 0.4) is 0 Å². The highest BCUT2D eigenvalue weighted by molar-refractivity contribution is 6.37. The molecule has 0 spiro atoms. The average Bonchev–Trinajstić information content (AvgIpc) is 3.39. The molecule has 0 aliphatic carbocycles. The Bertz CT molecular complexity index is 1330. The highest BCUT2D eigenvalue weighted by Crippen LogP contribution is 2.34. The fourth-order valence-electron chi connectivity index (χ4n) is 4.75. The van der Waals surface area contributed by atoms with E-state index in [0.717, 1.165) is 25.1 Å². The molecule has 11 nitrogen and oxygen atoms in total. The summed E-state index contributed by atoms with van der Waals surface area (Å²) in [7, 11) is 0. The van der Waals surface area contributed by atoms with Gasteiger partial charge in [0.1, 0.15) is 17.7 Å². The second-order valence-electron chi connectivity index (χ2n) is 10.9. The number of aromatic amines is 1. The van der Waals surface area contributed by atoms with Crippen molar-refractivity contribution in [2.24, 2.45) is 9.98 Å². The van der Waals surface area contributed by atoms with E-state index in [1.165, 1.54) is 17.5 Å². The van der Waals surface area contributed by atoms with E-state index in [1.807, 2.05) is 20.8 Å². The number of hydrogen-bond donors (Lipinski definition) is 2. The Morgan fingerprint density at radius 2 is 1.87 bits per heavy atom. The molecule has 5 rings (SSSR count). The van der Waals surface area contributed by atoms with Crippen molar-refractivity contribution in [1.29, 1.82) is 0 Å². The molecule has 39 heavy (non-hydrogen) atoms. The van der Waals surface area contributed by atoms with E-state index >= 15 is 0 Å². The molecule has 2 N–H and O–H groups in total. The van der Waals surface area contributed by atoms with Crippen LogP contribution >= 0.6 is 0 Å². The zero-order valence-corrected chi connectivity index (χ0v) is 22.9. The number of carboxylic acids is 1. The predicted molar refractivity (Wildman–Crippen MR) is 149 cm³/mol. The second kappa shape index (κ2) is 11.8. The van der Waals surface area contributed by atoms with Crippen LogP contribution in [0.5, 0.6) is 0 Å². The normalized spacial score (nSPS) is 18.6. The monoisotopic (exact) mass is 536 g/mol.